The molecule has 0 saturated heterocycles. The molecule has 0 saturated carbocycles. The molecule has 0 fully saturated rings. The van der Waals surface area contributed by atoms with Gasteiger partial charge < -0.3 is 19.4 Å². The average molecular weight is 356 g/mol. The summed E-state index contributed by atoms with van der Waals surface area (Å²) < 4.78 is 12.4. The van der Waals surface area contributed by atoms with Gasteiger partial charge in [-0.15, -0.1) is 0 Å². The zero-order valence-electron chi connectivity index (χ0n) is 14.9. The summed E-state index contributed by atoms with van der Waals surface area (Å²) in [6.07, 6.45) is 0. The zero-order valence-corrected chi connectivity index (χ0v) is 14.9. The molecule has 0 unspecified atom stereocenters. The first-order valence-electron chi connectivity index (χ1n) is 8.34. The van der Waals surface area contributed by atoms with E-state index in [-0.39, 0.29) is 24.9 Å². The minimum Gasteiger partial charge on any atom is -0.482 e. The van der Waals surface area contributed by atoms with Crippen LogP contribution in [0.3, 0.4) is 0 Å². The summed E-state index contributed by atoms with van der Waals surface area (Å²) >= 11 is 0. The van der Waals surface area contributed by atoms with Gasteiger partial charge >= 0.3 is 5.97 Å². The van der Waals surface area contributed by atoms with Crippen LogP contribution in [-0.4, -0.2) is 35.4 Å². The molecule has 0 aliphatic carbocycles. The Hall–Kier alpha value is -3.09. The van der Waals surface area contributed by atoms with Crippen LogP contribution in [0.4, 0.5) is 5.69 Å². The maximum Gasteiger partial charge on any atom is 0.340 e. The Labute approximate surface area is 150 Å². The minimum atomic E-state index is -0.527. The maximum atomic E-state index is 12.3. The standard InChI is InChI=1S/C19H20N2O5/c1-4-21-11(2)7-14(12(21)3)19(24)26-9-16(22)13-5-6-17-15(8-13)20-18(23)10-25-17/h5-8H,4,9-10H2,1-3H3,(H,20,23). The molecule has 7 nitrogen and oxygen atoms in total. The van der Waals surface area contributed by atoms with Crippen molar-refractivity contribution in [3.63, 3.8) is 0 Å². The highest BCUT2D eigenvalue weighted by Crippen LogP contribution is 2.28. The number of ketones is 1. The number of rotatable bonds is 5. The highest BCUT2D eigenvalue weighted by Gasteiger charge is 2.20. The van der Waals surface area contributed by atoms with E-state index in [4.69, 9.17) is 9.47 Å². The van der Waals surface area contributed by atoms with Crippen LogP contribution in [0.25, 0.3) is 0 Å². The molecule has 0 radical (unpaired) electrons. The van der Waals surface area contributed by atoms with Crippen molar-refractivity contribution < 1.29 is 23.9 Å². The van der Waals surface area contributed by atoms with Crippen LogP contribution in [0.5, 0.6) is 5.75 Å². The second kappa shape index (κ2) is 7.03. The average Bonchev–Trinajstić information content (AvgIpc) is 2.92. The van der Waals surface area contributed by atoms with E-state index in [0.29, 0.717) is 22.6 Å². The molecule has 0 bridgehead atoms. The molecule has 2 heterocycles. The number of aromatic nitrogens is 1. The van der Waals surface area contributed by atoms with E-state index in [0.717, 1.165) is 17.9 Å². The van der Waals surface area contributed by atoms with Crippen LogP contribution >= 0.6 is 0 Å². The van der Waals surface area contributed by atoms with Crippen molar-refractivity contribution in [3.8, 4) is 5.75 Å². The minimum absolute atomic E-state index is 0.0475. The molecular formula is C19H20N2O5. The first-order chi connectivity index (χ1) is 12.4. The third kappa shape index (κ3) is 3.33. The Morgan fingerprint density at radius 3 is 2.73 bits per heavy atom. The number of aryl methyl sites for hydroxylation is 1. The van der Waals surface area contributed by atoms with Gasteiger partial charge in [0, 0.05) is 23.5 Å². The van der Waals surface area contributed by atoms with E-state index >= 15 is 0 Å². The first kappa shape index (κ1) is 17.7. The van der Waals surface area contributed by atoms with Gasteiger partial charge in [-0.25, -0.2) is 4.79 Å². The second-order valence-corrected chi connectivity index (χ2v) is 6.08. The van der Waals surface area contributed by atoms with E-state index in [9.17, 15) is 14.4 Å². The number of Topliss-reactive ketones (excluding diaryl/α,β-unsaturated/α-hetero) is 1. The Bertz CT molecular complexity index is 898. The number of ether oxygens (including phenoxy) is 2. The van der Waals surface area contributed by atoms with E-state index in [1.54, 1.807) is 18.2 Å². The van der Waals surface area contributed by atoms with Crippen LogP contribution in [0.15, 0.2) is 24.3 Å². The normalized spacial score (nSPS) is 12.8. The van der Waals surface area contributed by atoms with Gasteiger partial charge in [-0.05, 0) is 45.0 Å². The summed E-state index contributed by atoms with van der Waals surface area (Å²) in [5.74, 6) is -0.657. The van der Waals surface area contributed by atoms with Gasteiger partial charge in [0.1, 0.15) is 5.75 Å². The molecule has 7 heteroatoms. The summed E-state index contributed by atoms with van der Waals surface area (Å²) in [5, 5.41) is 2.64. The molecule has 3 rings (SSSR count). The van der Waals surface area contributed by atoms with Gasteiger partial charge in [-0.1, -0.05) is 0 Å². The molecule has 1 aromatic carbocycles. The Balaban J connectivity index is 1.68. The molecule has 136 valence electrons. The lowest BCUT2D eigenvalue weighted by atomic mass is 10.1. The van der Waals surface area contributed by atoms with Crippen LogP contribution in [0.1, 0.15) is 39.0 Å². The van der Waals surface area contributed by atoms with Crippen LogP contribution in [0, 0.1) is 13.8 Å². The summed E-state index contributed by atoms with van der Waals surface area (Å²) in [4.78, 5) is 36.0. The number of hydrogen-bond acceptors (Lipinski definition) is 5. The van der Waals surface area contributed by atoms with Crippen molar-refractivity contribution in [2.45, 2.75) is 27.3 Å². The third-order valence-electron chi connectivity index (χ3n) is 4.38. The van der Waals surface area contributed by atoms with Crippen molar-refractivity contribution in [3.05, 3.63) is 46.8 Å². The monoisotopic (exact) mass is 356 g/mol. The highest BCUT2D eigenvalue weighted by molar-refractivity contribution is 6.02. The fourth-order valence-corrected chi connectivity index (χ4v) is 3.04. The topological polar surface area (TPSA) is 86.6 Å². The van der Waals surface area contributed by atoms with Gasteiger partial charge in [-0.3, -0.25) is 9.59 Å². The van der Waals surface area contributed by atoms with Crippen molar-refractivity contribution in [2.75, 3.05) is 18.5 Å². The van der Waals surface area contributed by atoms with Gasteiger partial charge in [0.15, 0.2) is 19.0 Å². The molecule has 26 heavy (non-hydrogen) atoms. The number of benzene rings is 1. The molecule has 1 N–H and O–H groups in total. The lowest BCUT2D eigenvalue weighted by molar-refractivity contribution is -0.118. The number of anilines is 1. The van der Waals surface area contributed by atoms with Crippen molar-refractivity contribution in [1.82, 2.24) is 4.57 Å². The molecule has 1 aliphatic heterocycles. The second-order valence-electron chi connectivity index (χ2n) is 6.08. The maximum absolute atomic E-state index is 12.3. The number of nitrogens with zero attached hydrogens (tertiary/aromatic N) is 1. The molecule has 1 amide bonds. The molecule has 1 aromatic heterocycles. The number of esters is 1. The number of fused-ring (bicyclic) bond motifs is 1. The summed E-state index contributed by atoms with van der Waals surface area (Å²) in [5.41, 5.74) is 3.01. The smallest absolute Gasteiger partial charge is 0.340 e. The number of nitrogens with one attached hydrogen (secondary N) is 1. The fourth-order valence-electron chi connectivity index (χ4n) is 3.04. The SMILES string of the molecule is CCn1c(C)cc(C(=O)OCC(=O)c2ccc3c(c2)NC(=O)CO3)c1C. The molecule has 0 atom stereocenters. The third-order valence-corrected chi connectivity index (χ3v) is 4.38. The Morgan fingerprint density at radius 2 is 2.04 bits per heavy atom. The summed E-state index contributed by atoms with van der Waals surface area (Å²) in [7, 11) is 0. The van der Waals surface area contributed by atoms with Gasteiger partial charge in [0.25, 0.3) is 5.91 Å². The summed E-state index contributed by atoms with van der Waals surface area (Å²) in [6, 6.07) is 6.47. The number of carbonyl (C=O) groups excluding carboxylic acids is 3. The van der Waals surface area contributed by atoms with Gasteiger partial charge in [0.2, 0.25) is 0 Å². The molecule has 0 spiro atoms. The van der Waals surface area contributed by atoms with Crippen molar-refractivity contribution in [2.24, 2.45) is 0 Å². The van der Waals surface area contributed by atoms with Gasteiger partial charge in [-0.2, -0.15) is 0 Å². The lowest BCUT2D eigenvalue weighted by Gasteiger charge is -2.18. The Kier molecular flexibility index (Phi) is 4.79. The molecule has 2 aromatic rings. The van der Waals surface area contributed by atoms with E-state index in [1.807, 2.05) is 25.3 Å². The van der Waals surface area contributed by atoms with E-state index < -0.39 is 5.97 Å². The van der Waals surface area contributed by atoms with Crippen LogP contribution in [-0.2, 0) is 16.1 Å². The summed E-state index contributed by atoms with van der Waals surface area (Å²) in [6.45, 7) is 6.10. The van der Waals surface area contributed by atoms with Crippen molar-refractivity contribution in [1.29, 1.82) is 0 Å². The quantitative estimate of drug-likeness (QED) is 0.657. The number of hydrogen-bond donors (Lipinski definition) is 1. The molecule has 1 aliphatic rings. The highest BCUT2D eigenvalue weighted by atomic mass is 16.5. The largest absolute Gasteiger partial charge is 0.482 e. The van der Waals surface area contributed by atoms with E-state index in [2.05, 4.69) is 5.32 Å². The predicted octanol–water partition coefficient (Wildman–Crippen LogP) is 2.50. The fraction of sp³-hybridized carbons (Fsp3) is 0.316. The Morgan fingerprint density at radius 1 is 1.27 bits per heavy atom. The first-order valence-corrected chi connectivity index (χ1v) is 8.34. The van der Waals surface area contributed by atoms with Crippen molar-refractivity contribution >= 4 is 23.3 Å². The van der Waals surface area contributed by atoms with Gasteiger partial charge in [0.05, 0.1) is 11.3 Å². The lowest BCUT2D eigenvalue weighted by Crippen LogP contribution is -2.25. The number of amides is 1. The zero-order chi connectivity index (χ0) is 18.8. The molecular weight excluding hydrogens is 336 g/mol. The van der Waals surface area contributed by atoms with Crippen LogP contribution in [0.2, 0.25) is 0 Å². The van der Waals surface area contributed by atoms with E-state index in [1.165, 1.54) is 6.07 Å². The number of carbonyl (C=O) groups is 3. The van der Waals surface area contributed by atoms with Crippen LogP contribution < -0.4 is 10.1 Å². The predicted molar refractivity (Wildman–Crippen MR) is 94.8 cm³/mol.